The molecule has 0 radical (unpaired) electrons. The summed E-state index contributed by atoms with van der Waals surface area (Å²) < 4.78 is 22.7. The van der Waals surface area contributed by atoms with E-state index in [4.69, 9.17) is 16.3 Å². The van der Waals surface area contributed by atoms with Gasteiger partial charge in [0.1, 0.15) is 34.7 Å². The summed E-state index contributed by atoms with van der Waals surface area (Å²) in [6.45, 7) is 6.84. The van der Waals surface area contributed by atoms with Crippen molar-refractivity contribution in [1.82, 2.24) is 19.1 Å². The van der Waals surface area contributed by atoms with Crippen LogP contribution in [0.5, 0.6) is 5.75 Å². The highest BCUT2D eigenvalue weighted by atomic mass is 35.5. The lowest BCUT2D eigenvalue weighted by molar-refractivity contribution is -0.0316. The van der Waals surface area contributed by atoms with Crippen LogP contribution in [-0.2, 0) is 6.61 Å². The standard InChI is InChI=1S/C29H28ClFN4O4/c1-16-8-21(31)22(32-13-16)15-39-24-9-18(3)35(28(37)26(24)30)23-10-25(33-14-17(23)2)34-7-5-6-20(27(34)36)19-11-29(4,38)12-19/h5-10,13-14,19,38H,11-12,15H2,1-4H3. The van der Waals surface area contributed by atoms with Gasteiger partial charge in [-0.3, -0.25) is 23.7 Å². The van der Waals surface area contributed by atoms with E-state index < -0.39 is 17.0 Å². The summed E-state index contributed by atoms with van der Waals surface area (Å²) in [5, 5.41) is 9.96. The van der Waals surface area contributed by atoms with Crippen molar-refractivity contribution in [3.63, 3.8) is 0 Å². The number of pyridine rings is 4. The lowest BCUT2D eigenvalue weighted by Gasteiger charge is -2.40. The first-order valence-corrected chi connectivity index (χ1v) is 12.9. The molecule has 1 fully saturated rings. The monoisotopic (exact) mass is 550 g/mol. The Balaban J connectivity index is 1.50. The van der Waals surface area contributed by atoms with Crippen LogP contribution in [0.25, 0.3) is 11.5 Å². The van der Waals surface area contributed by atoms with E-state index in [-0.39, 0.29) is 34.6 Å². The molecule has 1 aliphatic carbocycles. The summed E-state index contributed by atoms with van der Waals surface area (Å²) in [5.74, 6) is -0.0653. The van der Waals surface area contributed by atoms with Crippen LogP contribution < -0.4 is 15.9 Å². The minimum absolute atomic E-state index is 0.0235. The van der Waals surface area contributed by atoms with Crippen LogP contribution >= 0.6 is 11.6 Å². The predicted octanol–water partition coefficient (Wildman–Crippen LogP) is 4.70. The molecule has 0 bridgehead atoms. The molecule has 5 rings (SSSR count). The average molecular weight is 551 g/mol. The van der Waals surface area contributed by atoms with Gasteiger partial charge >= 0.3 is 0 Å². The third-order valence-electron chi connectivity index (χ3n) is 7.06. The molecule has 0 aliphatic heterocycles. The van der Waals surface area contributed by atoms with Crippen LogP contribution in [0.1, 0.15) is 53.8 Å². The molecule has 4 aromatic heterocycles. The molecule has 0 aromatic carbocycles. The summed E-state index contributed by atoms with van der Waals surface area (Å²) >= 11 is 6.42. The van der Waals surface area contributed by atoms with E-state index >= 15 is 0 Å². The van der Waals surface area contributed by atoms with Crippen LogP contribution in [0.4, 0.5) is 4.39 Å². The molecule has 0 spiro atoms. The number of aliphatic hydroxyl groups is 1. The van der Waals surface area contributed by atoms with Crippen LogP contribution in [0.2, 0.25) is 5.02 Å². The maximum Gasteiger partial charge on any atom is 0.277 e. The fourth-order valence-corrected chi connectivity index (χ4v) is 5.19. The molecule has 0 unspecified atom stereocenters. The second-order valence-corrected chi connectivity index (χ2v) is 10.8. The van der Waals surface area contributed by atoms with Gasteiger partial charge in [0.25, 0.3) is 11.1 Å². The third kappa shape index (κ3) is 5.12. The molecule has 1 aliphatic rings. The van der Waals surface area contributed by atoms with E-state index in [0.29, 0.717) is 46.7 Å². The molecule has 0 saturated heterocycles. The molecule has 39 heavy (non-hydrogen) atoms. The Morgan fingerprint density at radius 3 is 2.56 bits per heavy atom. The first-order chi connectivity index (χ1) is 18.4. The van der Waals surface area contributed by atoms with Crippen molar-refractivity contribution >= 4 is 11.6 Å². The average Bonchev–Trinajstić information content (AvgIpc) is 2.86. The number of nitrogens with zero attached hydrogens (tertiary/aromatic N) is 4. The van der Waals surface area contributed by atoms with E-state index in [2.05, 4.69) is 9.97 Å². The molecule has 0 amide bonds. The SMILES string of the molecule is Cc1cnc(COc2cc(C)n(-c3cc(-n4cccc(C5CC(C)(O)C5)c4=O)ncc3C)c(=O)c2Cl)c(F)c1. The van der Waals surface area contributed by atoms with Crippen LogP contribution in [0.15, 0.2) is 58.5 Å². The van der Waals surface area contributed by atoms with Crippen molar-refractivity contribution in [3.8, 4) is 17.3 Å². The number of rotatable bonds is 6. The van der Waals surface area contributed by atoms with Crippen LogP contribution in [0.3, 0.4) is 0 Å². The number of halogens is 2. The molecular weight excluding hydrogens is 523 g/mol. The Bertz CT molecular complexity index is 1710. The molecule has 4 aromatic rings. The largest absolute Gasteiger partial charge is 0.485 e. The van der Waals surface area contributed by atoms with Gasteiger partial charge in [-0.1, -0.05) is 17.7 Å². The highest BCUT2D eigenvalue weighted by Crippen LogP contribution is 2.43. The molecule has 1 saturated carbocycles. The number of hydrogen-bond acceptors (Lipinski definition) is 6. The zero-order valence-corrected chi connectivity index (χ0v) is 22.8. The van der Waals surface area contributed by atoms with Gasteiger partial charge in [0.15, 0.2) is 0 Å². The minimum Gasteiger partial charge on any atom is -0.485 e. The van der Waals surface area contributed by atoms with Gasteiger partial charge in [-0.05, 0) is 69.7 Å². The van der Waals surface area contributed by atoms with Gasteiger partial charge in [0, 0.05) is 42.0 Å². The van der Waals surface area contributed by atoms with Crippen molar-refractivity contribution < 1.29 is 14.2 Å². The number of aromatic nitrogens is 4. The minimum atomic E-state index is -0.758. The Morgan fingerprint density at radius 2 is 1.87 bits per heavy atom. The van der Waals surface area contributed by atoms with Gasteiger partial charge < -0.3 is 9.84 Å². The topological polar surface area (TPSA) is 99.2 Å². The van der Waals surface area contributed by atoms with E-state index in [0.717, 1.165) is 0 Å². The summed E-state index contributed by atoms with van der Waals surface area (Å²) in [7, 11) is 0. The molecule has 0 atom stereocenters. The summed E-state index contributed by atoms with van der Waals surface area (Å²) in [6.07, 6.45) is 5.79. The van der Waals surface area contributed by atoms with Crippen LogP contribution in [0, 0.1) is 26.6 Å². The lowest BCUT2D eigenvalue weighted by atomic mass is 9.69. The Kier molecular flexibility index (Phi) is 6.90. The molecule has 10 heteroatoms. The van der Waals surface area contributed by atoms with Gasteiger partial charge in [0.05, 0.1) is 11.3 Å². The van der Waals surface area contributed by atoms with Crippen molar-refractivity contribution in [2.75, 3.05) is 0 Å². The van der Waals surface area contributed by atoms with Gasteiger partial charge in [0.2, 0.25) is 0 Å². The molecular formula is C29H28ClFN4O4. The molecule has 202 valence electrons. The zero-order chi connectivity index (χ0) is 28.1. The fraction of sp³-hybridized carbons (Fsp3) is 0.310. The van der Waals surface area contributed by atoms with E-state index in [9.17, 15) is 19.1 Å². The second kappa shape index (κ2) is 10.1. The van der Waals surface area contributed by atoms with Crippen molar-refractivity contribution in [2.24, 2.45) is 0 Å². The number of hydrogen-bond donors (Lipinski definition) is 1. The van der Waals surface area contributed by atoms with Crippen molar-refractivity contribution in [1.29, 1.82) is 0 Å². The van der Waals surface area contributed by atoms with Gasteiger partial charge in [-0.2, -0.15) is 0 Å². The first-order valence-electron chi connectivity index (χ1n) is 12.5. The Morgan fingerprint density at radius 1 is 1.13 bits per heavy atom. The molecule has 8 nitrogen and oxygen atoms in total. The number of ether oxygens (including phenoxy) is 1. The summed E-state index contributed by atoms with van der Waals surface area (Å²) in [6, 6.07) is 8.17. The van der Waals surface area contributed by atoms with E-state index in [1.165, 1.54) is 21.4 Å². The van der Waals surface area contributed by atoms with Crippen LogP contribution in [-0.4, -0.2) is 29.8 Å². The third-order valence-corrected chi connectivity index (χ3v) is 7.40. The maximum absolute atomic E-state index is 14.2. The summed E-state index contributed by atoms with van der Waals surface area (Å²) in [5.41, 5.74) is 1.62. The van der Waals surface area contributed by atoms with Gasteiger partial charge in [-0.25, -0.2) is 9.37 Å². The smallest absolute Gasteiger partial charge is 0.277 e. The maximum atomic E-state index is 14.2. The van der Waals surface area contributed by atoms with Crippen molar-refractivity contribution in [3.05, 3.63) is 109 Å². The molecule has 1 N–H and O–H groups in total. The predicted molar refractivity (Wildman–Crippen MR) is 146 cm³/mol. The van der Waals surface area contributed by atoms with Gasteiger partial charge in [-0.15, -0.1) is 0 Å². The number of aryl methyl sites for hydroxylation is 3. The normalized spacial score (nSPS) is 18.6. The second-order valence-electron chi connectivity index (χ2n) is 10.4. The lowest BCUT2D eigenvalue weighted by Crippen LogP contribution is -2.41. The first kappa shape index (κ1) is 26.8. The zero-order valence-electron chi connectivity index (χ0n) is 22.0. The Labute approximate surface area is 229 Å². The van der Waals surface area contributed by atoms with Crippen molar-refractivity contribution in [2.45, 2.75) is 58.7 Å². The highest BCUT2D eigenvalue weighted by molar-refractivity contribution is 6.31. The van der Waals surface area contributed by atoms with E-state index in [1.54, 1.807) is 64.4 Å². The Hall–Kier alpha value is -3.82. The highest BCUT2D eigenvalue weighted by Gasteiger charge is 2.40. The fourth-order valence-electron chi connectivity index (χ4n) is 5.00. The quantitative estimate of drug-likeness (QED) is 0.373. The van der Waals surface area contributed by atoms with E-state index in [1.807, 2.05) is 0 Å². The summed E-state index contributed by atoms with van der Waals surface area (Å²) in [4.78, 5) is 35.2. The molecule has 4 heterocycles.